The average molecular weight is 491 g/mol. The van der Waals surface area contributed by atoms with Crippen LogP contribution in [0.3, 0.4) is 0 Å². The van der Waals surface area contributed by atoms with E-state index >= 15 is 0 Å². The van der Waals surface area contributed by atoms with E-state index in [0.717, 1.165) is 44.8 Å². The quantitative estimate of drug-likeness (QED) is 0.396. The Balaban J connectivity index is 1.55. The molecule has 0 aliphatic carbocycles. The van der Waals surface area contributed by atoms with E-state index in [4.69, 9.17) is 14.6 Å². The van der Waals surface area contributed by atoms with Crippen molar-refractivity contribution in [3.05, 3.63) is 93.5 Å². The second-order valence-electron chi connectivity index (χ2n) is 9.40. The second kappa shape index (κ2) is 7.96. The van der Waals surface area contributed by atoms with Gasteiger partial charge in [-0.1, -0.05) is 61.0 Å². The standard InChI is InChI=1S/C27H27BrN2O2/c1-27(2,3)19-9-5-18(6-10-19)26-30-24(22-15-20(28)11-14-25(22)32-26)16-23(29-30)17-7-12-21(31-4)13-8-17/h5-15,24,26H,16H2,1-4H3. The summed E-state index contributed by atoms with van der Waals surface area (Å²) >= 11 is 3.62. The number of halogens is 1. The largest absolute Gasteiger partial charge is 0.497 e. The molecule has 2 aliphatic heterocycles. The summed E-state index contributed by atoms with van der Waals surface area (Å²) in [4.78, 5) is 0. The van der Waals surface area contributed by atoms with Gasteiger partial charge < -0.3 is 9.47 Å². The number of methoxy groups -OCH3 is 1. The molecule has 2 aliphatic rings. The van der Waals surface area contributed by atoms with Crippen LogP contribution in [0, 0.1) is 0 Å². The van der Waals surface area contributed by atoms with Crippen LogP contribution in [0.15, 0.2) is 76.3 Å². The molecule has 2 atom stereocenters. The van der Waals surface area contributed by atoms with Crippen molar-refractivity contribution in [3.8, 4) is 11.5 Å². The first kappa shape index (κ1) is 21.1. The highest BCUT2D eigenvalue weighted by atomic mass is 79.9. The van der Waals surface area contributed by atoms with Gasteiger partial charge in [-0.25, -0.2) is 5.01 Å². The molecule has 0 N–H and O–H groups in total. The van der Waals surface area contributed by atoms with E-state index in [0.29, 0.717) is 0 Å². The smallest absolute Gasteiger partial charge is 0.213 e. The summed E-state index contributed by atoms with van der Waals surface area (Å²) in [6, 6.07) is 23.2. The molecule has 0 saturated heterocycles. The lowest BCUT2D eigenvalue weighted by Gasteiger charge is -2.38. The molecule has 4 nitrogen and oxygen atoms in total. The third kappa shape index (κ3) is 3.79. The number of nitrogens with zero attached hydrogens (tertiary/aromatic N) is 2. The van der Waals surface area contributed by atoms with Gasteiger partial charge in [-0.2, -0.15) is 5.10 Å². The van der Waals surface area contributed by atoms with Gasteiger partial charge in [-0.3, -0.25) is 0 Å². The van der Waals surface area contributed by atoms with Crippen molar-refractivity contribution in [2.24, 2.45) is 5.10 Å². The van der Waals surface area contributed by atoms with Crippen LogP contribution < -0.4 is 9.47 Å². The fourth-order valence-electron chi connectivity index (χ4n) is 4.38. The molecular weight excluding hydrogens is 464 g/mol. The number of ether oxygens (including phenoxy) is 2. The summed E-state index contributed by atoms with van der Waals surface area (Å²) < 4.78 is 12.9. The summed E-state index contributed by atoms with van der Waals surface area (Å²) in [5, 5.41) is 7.19. The van der Waals surface area contributed by atoms with Crippen LogP contribution in [0.25, 0.3) is 0 Å². The molecule has 3 aromatic rings. The third-order valence-electron chi connectivity index (χ3n) is 6.24. The van der Waals surface area contributed by atoms with E-state index in [-0.39, 0.29) is 17.7 Å². The molecule has 32 heavy (non-hydrogen) atoms. The molecule has 164 valence electrons. The Morgan fingerprint density at radius 2 is 1.72 bits per heavy atom. The average Bonchev–Trinajstić information content (AvgIpc) is 3.24. The Kier molecular flexibility index (Phi) is 5.25. The topological polar surface area (TPSA) is 34.1 Å². The van der Waals surface area contributed by atoms with E-state index in [9.17, 15) is 0 Å². The van der Waals surface area contributed by atoms with Gasteiger partial charge in [0.15, 0.2) is 0 Å². The van der Waals surface area contributed by atoms with Gasteiger partial charge in [0.2, 0.25) is 6.23 Å². The zero-order valence-corrected chi connectivity index (χ0v) is 20.4. The summed E-state index contributed by atoms with van der Waals surface area (Å²) in [6.45, 7) is 6.69. The predicted octanol–water partition coefficient (Wildman–Crippen LogP) is 7.00. The van der Waals surface area contributed by atoms with E-state index in [2.05, 4.69) is 90.2 Å². The van der Waals surface area contributed by atoms with Crippen molar-refractivity contribution in [2.75, 3.05) is 7.11 Å². The highest BCUT2D eigenvalue weighted by molar-refractivity contribution is 9.10. The highest BCUT2D eigenvalue weighted by Gasteiger charge is 2.41. The molecule has 0 spiro atoms. The minimum atomic E-state index is -0.265. The zero-order valence-electron chi connectivity index (χ0n) is 18.8. The maximum absolute atomic E-state index is 6.51. The van der Waals surface area contributed by atoms with Crippen molar-refractivity contribution in [3.63, 3.8) is 0 Å². The Bertz CT molecular complexity index is 1160. The molecular formula is C27H27BrN2O2. The highest BCUT2D eigenvalue weighted by Crippen LogP contribution is 2.48. The number of hydrogen-bond acceptors (Lipinski definition) is 4. The zero-order chi connectivity index (χ0) is 22.5. The maximum Gasteiger partial charge on any atom is 0.213 e. The van der Waals surface area contributed by atoms with Gasteiger partial charge in [-0.15, -0.1) is 0 Å². The van der Waals surface area contributed by atoms with Crippen molar-refractivity contribution < 1.29 is 9.47 Å². The minimum absolute atomic E-state index is 0.112. The monoisotopic (exact) mass is 490 g/mol. The number of hydrazone groups is 1. The lowest BCUT2D eigenvalue weighted by Crippen LogP contribution is -2.33. The SMILES string of the molecule is COc1ccc(C2=NN3C(C2)c2cc(Br)ccc2OC3c2ccc(C(C)(C)C)cc2)cc1. The fourth-order valence-corrected chi connectivity index (χ4v) is 4.76. The van der Waals surface area contributed by atoms with Gasteiger partial charge in [0, 0.05) is 22.0 Å². The van der Waals surface area contributed by atoms with Crippen LogP contribution >= 0.6 is 15.9 Å². The first-order chi connectivity index (χ1) is 15.3. The lowest BCUT2D eigenvalue weighted by atomic mass is 9.86. The van der Waals surface area contributed by atoms with Crippen LogP contribution in [-0.2, 0) is 5.41 Å². The van der Waals surface area contributed by atoms with E-state index in [1.807, 2.05) is 18.2 Å². The predicted molar refractivity (Wildman–Crippen MR) is 131 cm³/mol. The first-order valence-electron chi connectivity index (χ1n) is 10.9. The molecule has 2 unspecified atom stereocenters. The molecule has 2 heterocycles. The van der Waals surface area contributed by atoms with Gasteiger partial charge in [0.05, 0.1) is 18.9 Å². The van der Waals surface area contributed by atoms with E-state index < -0.39 is 0 Å². The van der Waals surface area contributed by atoms with Gasteiger partial charge >= 0.3 is 0 Å². The second-order valence-corrected chi connectivity index (χ2v) is 10.3. The van der Waals surface area contributed by atoms with Gasteiger partial charge in [-0.05, 0) is 59.0 Å². The normalized spacial score (nSPS) is 19.7. The van der Waals surface area contributed by atoms with Crippen LogP contribution in [-0.4, -0.2) is 17.8 Å². The molecule has 0 bridgehead atoms. The molecule has 3 aromatic carbocycles. The number of fused-ring (bicyclic) bond motifs is 3. The summed E-state index contributed by atoms with van der Waals surface area (Å²) in [5.41, 5.74) is 5.86. The van der Waals surface area contributed by atoms with Crippen LogP contribution in [0.5, 0.6) is 11.5 Å². The number of hydrogen-bond donors (Lipinski definition) is 0. The molecule has 5 heteroatoms. The Labute approximate surface area is 198 Å². The summed E-state index contributed by atoms with van der Waals surface area (Å²) in [5.74, 6) is 1.77. The molecule has 5 rings (SSSR count). The minimum Gasteiger partial charge on any atom is -0.497 e. The number of benzene rings is 3. The van der Waals surface area contributed by atoms with Crippen molar-refractivity contribution in [1.82, 2.24) is 5.01 Å². The molecule has 0 radical (unpaired) electrons. The van der Waals surface area contributed by atoms with Crippen molar-refractivity contribution >= 4 is 21.6 Å². The Morgan fingerprint density at radius 3 is 2.38 bits per heavy atom. The molecule has 0 fully saturated rings. The molecule has 0 aromatic heterocycles. The van der Waals surface area contributed by atoms with Crippen molar-refractivity contribution in [2.45, 2.75) is 44.9 Å². The van der Waals surface area contributed by atoms with Crippen molar-refractivity contribution in [1.29, 1.82) is 0 Å². The lowest BCUT2D eigenvalue weighted by molar-refractivity contribution is -0.0191. The maximum atomic E-state index is 6.51. The van der Waals surface area contributed by atoms with Crippen LogP contribution in [0.1, 0.15) is 61.7 Å². The third-order valence-corrected chi connectivity index (χ3v) is 6.73. The summed E-state index contributed by atoms with van der Waals surface area (Å²) in [7, 11) is 1.68. The number of rotatable bonds is 3. The Morgan fingerprint density at radius 1 is 1.00 bits per heavy atom. The molecule has 0 saturated carbocycles. The summed E-state index contributed by atoms with van der Waals surface area (Å²) in [6.07, 6.45) is 0.564. The Hall–Kier alpha value is -2.79. The first-order valence-corrected chi connectivity index (χ1v) is 11.7. The molecule has 0 amide bonds. The van der Waals surface area contributed by atoms with E-state index in [1.165, 1.54) is 5.56 Å². The van der Waals surface area contributed by atoms with E-state index in [1.54, 1.807) is 7.11 Å². The van der Waals surface area contributed by atoms with Crippen LogP contribution in [0.2, 0.25) is 0 Å². The van der Waals surface area contributed by atoms with Crippen LogP contribution in [0.4, 0.5) is 0 Å². The van der Waals surface area contributed by atoms with Gasteiger partial charge in [0.1, 0.15) is 11.5 Å². The fraction of sp³-hybridized carbons (Fsp3) is 0.296. The van der Waals surface area contributed by atoms with Gasteiger partial charge in [0.25, 0.3) is 0 Å².